The van der Waals surface area contributed by atoms with Gasteiger partial charge in [0.1, 0.15) is 28.8 Å². The van der Waals surface area contributed by atoms with Gasteiger partial charge in [-0.05, 0) is 57.2 Å². The van der Waals surface area contributed by atoms with Gasteiger partial charge in [-0.15, -0.1) is 0 Å². The molecule has 0 spiro atoms. The number of ether oxygens (including phenoxy) is 4. The quantitative estimate of drug-likeness (QED) is 0.149. The lowest BCUT2D eigenvalue weighted by atomic mass is 9.97. The Bertz CT molecular complexity index is 1950. The van der Waals surface area contributed by atoms with Crippen molar-refractivity contribution in [3.05, 3.63) is 84.6 Å². The normalized spacial score (nSPS) is 14.7. The highest BCUT2D eigenvalue weighted by Crippen LogP contribution is 2.26. The molecule has 2 amide bonds. The lowest BCUT2D eigenvalue weighted by Gasteiger charge is -2.48. The van der Waals surface area contributed by atoms with E-state index in [9.17, 15) is 45.1 Å². The number of rotatable bonds is 11. The summed E-state index contributed by atoms with van der Waals surface area (Å²) in [5.74, 6) is -1.31. The number of pyridine rings is 1. The first kappa shape index (κ1) is 43.5. The maximum absolute atomic E-state index is 13.1. The smallest absolute Gasteiger partial charge is 0.422 e. The van der Waals surface area contributed by atoms with Gasteiger partial charge in [0.05, 0.1) is 49.7 Å². The minimum absolute atomic E-state index is 0.0328. The summed E-state index contributed by atoms with van der Waals surface area (Å²) in [6.45, 7) is 3.51. The number of anilines is 1. The van der Waals surface area contributed by atoms with Crippen LogP contribution >= 0.6 is 0 Å². The molecule has 0 saturated carbocycles. The number of hydrogen-bond donors (Lipinski definition) is 1. The van der Waals surface area contributed by atoms with Gasteiger partial charge in [-0.2, -0.15) is 26.3 Å². The zero-order chi connectivity index (χ0) is 42.0. The first-order chi connectivity index (χ1) is 26.7. The number of aromatic nitrogens is 5. The Balaban J connectivity index is 0.000000377. The summed E-state index contributed by atoms with van der Waals surface area (Å²) in [4.78, 5) is 59.4. The third-order valence-electron chi connectivity index (χ3n) is 7.78. The van der Waals surface area contributed by atoms with Crippen LogP contribution in [-0.2, 0) is 9.53 Å². The molecule has 1 atom stereocenters. The highest BCUT2D eigenvalue weighted by atomic mass is 19.4. The third kappa shape index (κ3) is 13.5. The van der Waals surface area contributed by atoms with Crippen LogP contribution in [0.1, 0.15) is 41.7 Å². The maximum Gasteiger partial charge on any atom is 0.422 e. The van der Waals surface area contributed by atoms with Crippen LogP contribution in [0.25, 0.3) is 0 Å². The van der Waals surface area contributed by atoms with Gasteiger partial charge >= 0.3 is 18.3 Å². The Morgan fingerprint density at radius 3 is 1.81 bits per heavy atom. The van der Waals surface area contributed by atoms with Crippen molar-refractivity contribution in [2.24, 2.45) is 0 Å². The summed E-state index contributed by atoms with van der Waals surface area (Å²) >= 11 is 0. The highest BCUT2D eigenvalue weighted by Gasteiger charge is 2.40. The fraction of sp³-hybridized carbons (Fsp3) is 0.371. The van der Waals surface area contributed by atoms with Crippen molar-refractivity contribution < 1.29 is 64.1 Å². The molecule has 306 valence electrons. The second kappa shape index (κ2) is 18.6. The van der Waals surface area contributed by atoms with Crippen molar-refractivity contribution in [2.75, 3.05) is 45.3 Å². The number of alkyl halides is 6. The number of nitrogens with one attached hydrogen (secondary N) is 1. The number of halogens is 7. The summed E-state index contributed by atoms with van der Waals surface area (Å²) in [7, 11) is 1.15. The van der Waals surface area contributed by atoms with Gasteiger partial charge in [-0.25, -0.2) is 34.1 Å². The number of piperazine rings is 1. The average Bonchev–Trinajstić information content (AvgIpc) is 3.16. The summed E-state index contributed by atoms with van der Waals surface area (Å²) < 4.78 is 104. The van der Waals surface area contributed by atoms with E-state index in [0.29, 0.717) is 30.4 Å². The molecule has 0 aliphatic carbocycles. The molecule has 1 N–H and O–H groups in total. The lowest BCUT2D eigenvalue weighted by Crippen LogP contribution is -2.63. The zero-order valence-corrected chi connectivity index (χ0v) is 30.6. The molecule has 1 aromatic carbocycles. The predicted octanol–water partition coefficient (Wildman–Crippen LogP) is 5.51. The molecule has 0 bridgehead atoms. The van der Waals surface area contributed by atoms with Gasteiger partial charge in [0.25, 0.3) is 5.91 Å². The van der Waals surface area contributed by atoms with Crippen molar-refractivity contribution in [1.29, 1.82) is 0 Å². The molecular weight excluding hydrogens is 777 g/mol. The van der Waals surface area contributed by atoms with Gasteiger partial charge in [0.2, 0.25) is 17.7 Å². The van der Waals surface area contributed by atoms with Crippen LogP contribution < -0.4 is 19.5 Å². The second-order valence-electron chi connectivity index (χ2n) is 12.6. The molecule has 15 nitrogen and oxygen atoms in total. The van der Waals surface area contributed by atoms with Gasteiger partial charge in [0.15, 0.2) is 18.9 Å². The van der Waals surface area contributed by atoms with Crippen LogP contribution in [0, 0.1) is 5.82 Å². The topological polar surface area (TPSA) is 171 Å². The molecule has 3 aromatic heterocycles. The van der Waals surface area contributed by atoms with E-state index in [2.05, 4.69) is 44.4 Å². The van der Waals surface area contributed by atoms with Crippen LogP contribution in [-0.4, -0.2) is 116 Å². The minimum atomic E-state index is -4.52. The van der Waals surface area contributed by atoms with Crippen molar-refractivity contribution in [2.45, 2.75) is 44.7 Å². The monoisotopic (exact) mass is 812 g/mol. The summed E-state index contributed by atoms with van der Waals surface area (Å²) in [5.41, 5.74) is -0.842. The number of nitrogens with zero attached hydrogens (tertiary/aromatic N) is 7. The molecule has 1 aliphatic heterocycles. The molecule has 5 rings (SSSR count). The number of carbonyl (C=O) groups is 3. The fourth-order valence-electron chi connectivity index (χ4n) is 5.00. The van der Waals surface area contributed by atoms with Crippen LogP contribution in [0.2, 0.25) is 0 Å². The summed E-state index contributed by atoms with van der Waals surface area (Å²) in [6, 6.07) is 8.20. The van der Waals surface area contributed by atoms with Crippen molar-refractivity contribution in [1.82, 2.24) is 34.7 Å². The van der Waals surface area contributed by atoms with E-state index in [-0.39, 0.29) is 41.4 Å². The van der Waals surface area contributed by atoms with Crippen LogP contribution in [0.3, 0.4) is 0 Å². The Morgan fingerprint density at radius 1 is 0.772 bits per heavy atom. The number of carbonyl (C=O) groups excluding carboxylic acids is 3. The summed E-state index contributed by atoms with van der Waals surface area (Å²) in [6.07, 6.45) is -3.58. The number of hydrogen-bond acceptors (Lipinski definition) is 13. The van der Waals surface area contributed by atoms with Crippen molar-refractivity contribution in [3.8, 4) is 23.3 Å². The van der Waals surface area contributed by atoms with E-state index in [4.69, 9.17) is 4.74 Å². The molecule has 1 saturated heterocycles. The number of methoxy groups -OCH3 is 1. The number of esters is 1. The highest BCUT2D eigenvalue weighted by molar-refractivity contribution is 5.94. The van der Waals surface area contributed by atoms with E-state index in [1.54, 1.807) is 24.0 Å². The van der Waals surface area contributed by atoms with Crippen LogP contribution in [0.5, 0.6) is 23.3 Å². The number of amides is 2. The van der Waals surface area contributed by atoms with Crippen molar-refractivity contribution >= 4 is 23.6 Å². The van der Waals surface area contributed by atoms with Gasteiger partial charge < -0.3 is 29.2 Å². The molecule has 4 heterocycles. The average molecular weight is 813 g/mol. The Kier molecular flexibility index (Phi) is 14.2. The molecule has 4 aromatic rings. The fourth-order valence-corrected chi connectivity index (χ4v) is 5.00. The zero-order valence-electron chi connectivity index (χ0n) is 30.6. The first-order valence-electron chi connectivity index (χ1n) is 16.6. The molecule has 1 fully saturated rings. The Hall–Kier alpha value is -6.19. The van der Waals surface area contributed by atoms with Crippen LogP contribution in [0.15, 0.2) is 67.4 Å². The largest absolute Gasteiger partial charge is 0.467 e. The second-order valence-corrected chi connectivity index (χ2v) is 12.6. The van der Waals surface area contributed by atoms with E-state index in [1.165, 1.54) is 30.5 Å². The molecule has 0 unspecified atom stereocenters. The SMILES string of the molecule is COC(=O)c1cnc(OCC(F)(F)F)cn1.C[C@@H](C(=O)Nc1ccc(Oc2ccc(F)cc2)cn1)N1CCN(C(=O)c2cnc(OCC(F)(F)F)cn2)C(C)(C)C1. The molecule has 0 radical (unpaired) electrons. The lowest BCUT2D eigenvalue weighted by molar-refractivity contribution is -0.154. The summed E-state index contributed by atoms with van der Waals surface area (Å²) in [5, 5.41) is 2.77. The standard InChI is InChI=1S/C27H28F4N6O4.C8H7F3N2O3/c1-17(24(38)35-22-9-8-20(12-33-22)41-19-6-4-18(28)5-7-19)36-10-11-37(26(2,3)15-36)25(39)21-13-34-23(14-32-21)40-16-27(29,30)31;1-15-7(14)5-2-13-6(3-12-5)16-4-8(9,10)11/h4-9,12-14,17H,10-11,15-16H2,1-3H3,(H,33,35,38);2-3H,4H2,1H3/t17-;/m0./s1. The predicted molar refractivity (Wildman–Crippen MR) is 184 cm³/mol. The molecule has 57 heavy (non-hydrogen) atoms. The Morgan fingerprint density at radius 2 is 1.33 bits per heavy atom. The molecule has 22 heteroatoms. The van der Waals surface area contributed by atoms with Gasteiger partial charge in [0, 0.05) is 19.6 Å². The van der Waals surface area contributed by atoms with E-state index in [1.807, 2.05) is 18.7 Å². The maximum atomic E-state index is 13.1. The number of benzene rings is 1. The first-order valence-corrected chi connectivity index (χ1v) is 16.6. The third-order valence-corrected chi connectivity index (χ3v) is 7.78. The van der Waals surface area contributed by atoms with E-state index >= 15 is 0 Å². The van der Waals surface area contributed by atoms with Gasteiger partial charge in [-0.1, -0.05) is 0 Å². The van der Waals surface area contributed by atoms with Crippen molar-refractivity contribution in [3.63, 3.8) is 0 Å². The van der Waals surface area contributed by atoms with E-state index < -0.39 is 49.0 Å². The molecule has 1 aliphatic rings. The Labute approximate surface area is 320 Å². The van der Waals surface area contributed by atoms with Gasteiger partial charge in [-0.3, -0.25) is 14.5 Å². The minimum Gasteiger partial charge on any atom is -0.467 e. The van der Waals surface area contributed by atoms with Crippen LogP contribution in [0.4, 0.5) is 36.6 Å². The van der Waals surface area contributed by atoms with E-state index in [0.717, 1.165) is 31.9 Å². The molecular formula is C35H35F7N8O7.